The quantitative estimate of drug-likeness (QED) is 0.734. The zero-order chi connectivity index (χ0) is 14.3. The molecule has 0 fully saturated rings. The van der Waals surface area contributed by atoms with Crippen LogP contribution in [0.3, 0.4) is 0 Å². The number of ether oxygens (including phenoxy) is 2. The molecule has 1 aromatic carbocycles. The van der Waals surface area contributed by atoms with Gasteiger partial charge in [-0.05, 0) is 25.5 Å². The first-order chi connectivity index (χ1) is 9.10. The lowest BCUT2D eigenvalue weighted by Crippen LogP contribution is -2.30. The van der Waals surface area contributed by atoms with Crippen molar-refractivity contribution in [2.24, 2.45) is 0 Å². The average molecular weight is 266 g/mol. The van der Waals surface area contributed by atoms with Crippen molar-refractivity contribution >= 4 is 11.6 Å². The topological polar surface area (TPSA) is 59.6 Å². The van der Waals surface area contributed by atoms with Gasteiger partial charge in [0.15, 0.2) is 0 Å². The van der Waals surface area contributed by atoms with Crippen molar-refractivity contribution in [1.82, 2.24) is 5.32 Å². The molecule has 0 aromatic heterocycles. The van der Waals surface area contributed by atoms with Crippen molar-refractivity contribution < 1.29 is 14.3 Å². The standard InChI is InChI=1S/C14H22N2O3/c1-10-5-6-12(11(2)14(10)19-4)16-13(17)9-15-7-8-18-3/h5-6,15H,7-9H2,1-4H3,(H,16,17). The van der Waals surface area contributed by atoms with Crippen molar-refractivity contribution in [2.75, 3.05) is 39.2 Å². The predicted molar refractivity (Wildman–Crippen MR) is 75.8 cm³/mol. The monoisotopic (exact) mass is 266 g/mol. The van der Waals surface area contributed by atoms with E-state index in [1.807, 2.05) is 26.0 Å². The Morgan fingerprint density at radius 2 is 2.00 bits per heavy atom. The maximum atomic E-state index is 11.8. The number of amides is 1. The first-order valence-electron chi connectivity index (χ1n) is 6.23. The van der Waals surface area contributed by atoms with Crippen molar-refractivity contribution in [2.45, 2.75) is 13.8 Å². The lowest BCUT2D eigenvalue weighted by Gasteiger charge is -2.14. The van der Waals surface area contributed by atoms with E-state index in [4.69, 9.17) is 9.47 Å². The highest BCUT2D eigenvalue weighted by atomic mass is 16.5. The molecule has 19 heavy (non-hydrogen) atoms. The van der Waals surface area contributed by atoms with Crippen LogP contribution in [-0.4, -0.2) is 39.8 Å². The minimum absolute atomic E-state index is 0.0786. The van der Waals surface area contributed by atoms with Gasteiger partial charge in [0, 0.05) is 24.9 Å². The van der Waals surface area contributed by atoms with Crippen LogP contribution in [-0.2, 0) is 9.53 Å². The van der Waals surface area contributed by atoms with Crippen LogP contribution >= 0.6 is 0 Å². The van der Waals surface area contributed by atoms with Gasteiger partial charge in [-0.25, -0.2) is 0 Å². The maximum absolute atomic E-state index is 11.8. The Balaban J connectivity index is 2.59. The van der Waals surface area contributed by atoms with Crippen LogP contribution in [0.15, 0.2) is 12.1 Å². The van der Waals surface area contributed by atoms with Gasteiger partial charge in [0.05, 0.1) is 20.3 Å². The molecule has 0 atom stereocenters. The summed E-state index contributed by atoms with van der Waals surface area (Å²) >= 11 is 0. The number of rotatable bonds is 7. The smallest absolute Gasteiger partial charge is 0.238 e. The Hall–Kier alpha value is -1.59. The van der Waals surface area contributed by atoms with Crippen LogP contribution in [0.5, 0.6) is 5.75 Å². The second kappa shape index (κ2) is 7.76. The van der Waals surface area contributed by atoms with Crippen molar-refractivity contribution in [3.63, 3.8) is 0 Å². The van der Waals surface area contributed by atoms with Crippen molar-refractivity contribution in [3.8, 4) is 5.75 Å². The molecule has 1 rings (SSSR count). The molecule has 5 nitrogen and oxygen atoms in total. The molecule has 0 aliphatic rings. The molecular weight excluding hydrogens is 244 g/mol. The van der Waals surface area contributed by atoms with Crippen LogP contribution in [0.25, 0.3) is 0 Å². The fraction of sp³-hybridized carbons (Fsp3) is 0.500. The third-order valence-corrected chi connectivity index (χ3v) is 2.85. The van der Waals surface area contributed by atoms with E-state index in [1.165, 1.54) is 0 Å². The van der Waals surface area contributed by atoms with Gasteiger partial charge in [-0.2, -0.15) is 0 Å². The summed E-state index contributed by atoms with van der Waals surface area (Å²) in [6.45, 7) is 5.41. The van der Waals surface area contributed by atoms with Gasteiger partial charge < -0.3 is 20.1 Å². The first-order valence-corrected chi connectivity index (χ1v) is 6.23. The Labute approximate surface area is 114 Å². The summed E-state index contributed by atoms with van der Waals surface area (Å²) in [6.07, 6.45) is 0. The zero-order valence-corrected chi connectivity index (χ0v) is 12.0. The molecule has 0 saturated carbocycles. The van der Waals surface area contributed by atoms with Crippen LogP contribution in [0.4, 0.5) is 5.69 Å². The number of carbonyl (C=O) groups excluding carboxylic acids is 1. The molecule has 0 spiro atoms. The first kappa shape index (κ1) is 15.5. The molecule has 5 heteroatoms. The van der Waals surface area contributed by atoms with E-state index in [-0.39, 0.29) is 12.5 Å². The van der Waals surface area contributed by atoms with E-state index < -0.39 is 0 Å². The normalized spacial score (nSPS) is 10.3. The van der Waals surface area contributed by atoms with Gasteiger partial charge in [0.2, 0.25) is 5.91 Å². The van der Waals surface area contributed by atoms with Gasteiger partial charge in [-0.15, -0.1) is 0 Å². The molecule has 0 radical (unpaired) electrons. The van der Waals surface area contributed by atoms with Gasteiger partial charge in [-0.3, -0.25) is 4.79 Å². The molecule has 0 unspecified atom stereocenters. The van der Waals surface area contributed by atoms with E-state index in [0.29, 0.717) is 13.2 Å². The van der Waals surface area contributed by atoms with E-state index in [2.05, 4.69) is 10.6 Å². The summed E-state index contributed by atoms with van der Waals surface area (Å²) in [7, 11) is 3.26. The Morgan fingerprint density at radius 1 is 1.26 bits per heavy atom. The van der Waals surface area contributed by atoms with Crippen molar-refractivity contribution in [1.29, 1.82) is 0 Å². The molecule has 0 heterocycles. The SMILES string of the molecule is COCCNCC(=O)Nc1ccc(C)c(OC)c1C. The number of anilines is 1. The number of carbonyl (C=O) groups is 1. The predicted octanol–water partition coefficient (Wildman–Crippen LogP) is 1.49. The third-order valence-electron chi connectivity index (χ3n) is 2.85. The number of hydrogen-bond acceptors (Lipinski definition) is 4. The molecule has 0 saturated heterocycles. The highest BCUT2D eigenvalue weighted by Crippen LogP contribution is 2.28. The summed E-state index contributed by atoms with van der Waals surface area (Å²) in [4.78, 5) is 11.8. The molecule has 106 valence electrons. The highest BCUT2D eigenvalue weighted by molar-refractivity contribution is 5.93. The molecule has 1 aromatic rings. The van der Waals surface area contributed by atoms with Gasteiger partial charge >= 0.3 is 0 Å². The fourth-order valence-electron chi connectivity index (χ4n) is 1.85. The Bertz CT molecular complexity index is 433. The molecular formula is C14H22N2O3. The molecule has 0 bridgehead atoms. The van der Waals surface area contributed by atoms with E-state index in [0.717, 1.165) is 22.6 Å². The zero-order valence-electron chi connectivity index (χ0n) is 12.0. The van der Waals surface area contributed by atoms with Crippen molar-refractivity contribution in [3.05, 3.63) is 23.3 Å². The molecule has 1 amide bonds. The van der Waals surface area contributed by atoms with Gasteiger partial charge in [0.1, 0.15) is 5.75 Å². The minimum Gasteiger partial charge on any atom is -0.496 e. The van der Waals surface area contributed by atoms with E-state index in [9.17, 15) is 4.79 Å². The lowest BCUT2D eigenvalue weighted by molar-refractivity contribution is -0.115. The van der Waals surface area contributed by atoms with Crippen LogP contribution in [0.1, 0.15) is 11.1 Å². The summed E-state index contributed by atoms with van der Waals surface area (Å²) in [5.41, 5.74) is 2.77. The maximum Gasteiger partial charge on any atom is 0.238 e. The average Bonchev–Trinajstić information content (AvgIpc) is 2.39. The molecule has 2 N–H and O–H groups in total. The van der Waals surface area contributed by atoms with E-state index >= 15 is 0 Å². The Kier molecular flexibility index (Phi) is 6.32. The largest absolute Gasteiger partial charge is 0.496 e. The second-order valence-electron chi connectivity index (χ2n) is 4.31. The highest BCUT2D eigenvalue weighted by Gasteiger charge is 2.10. The fourth-order valence-corrected chi connectivity index (χ4v) is 1.85. The third kappa shape index (κ3) is 4.54. The van der Waals surface area contributed by atoms with E-state index in [1.54, 1.807) is 14.2 Å². The van der Waals surface area contributed by atoms with Crippen LogP contribution < -0.4 is 15.4 Å². The van der Waals surface area contributed by atoms with Crippen LogP contribution in [0.2, 0.25) is 0 Å². The van der Waals surface area contributed by atoms with Crippen LogP contribution in [0, 0.1) is 13.8 Å². The summed E-state index contributed by atoms with van der Waals surface area (Å²) < 4.78 is 10.2. The Morgan fingerprint density at radius 3 is 2.63 bits per heavy atom. The summed E-state index contributed by atoms with van der Waals surface area (Å²) in [5.74, 6) is 0.732. The number of methoxy groups -OCH3 is 2. The second-order valence-corrected chi connectivity index (χ2v) is 4.31. The van der Waals surface area contributed by atoms with Gasteiger partial charge in [0.25, 0.3) is 0 Å². The number of aryl methyl sites for hydroxylation is 1. The number of benzene rings is 1. The summed E-state index contributed by atoms with van der Waals surface area (Å²) in [5, 5.41) is 5.86. The number of hydrogen-bond donors (Lipinski definition) is 2. The minimum atomic E-state index is -0.0786. The van der Waals surface area contributed by atoms with Gasteiger partial charge in [-0.1, -0.05) is 6.07 Å². The summed E-state index contributed by atoms with van der Waals surface area (Å²) in [6, 6.07) is 3.82. The molecule has 0 aliphatic carbocycles. The number of nitrogens with one attached hydrogen (secondary N) is 2. The lowest BCUT2D eigenvalue weighted by atomic mass is 10.1. The molecule has 0 aliphatic heterocycles.